The summed E-state index contributed by atoms with van der Waals surface area (Å²) in [6.45, 7) is 8.88. The Labute approximate surface area is 128 Å². The van der Waals surface area contributed by atoms with E-state index in [2.05, 4.69) is 15.9 Å². The van der Waals surface area contributed by atoms with Gasteiger partial charge < -0.3 is 4.42 Å². The van der Waals surface area contributed by atoms with Crippen molar-refractivity contribution in [1.29, 1.82) is 5.26 Å². The number of furan rings is 1. The first-order valence-electron chi connectivity index (χ1n) is 6.66. The van der Waals surface area contributed by atoms with Crippen LogP contribution in [0.1, 0.15) is 11.1 Å². The van der Waals surface area contributed by atoms with Crippen LogP contribution in [0, 0.1) is 24.8 Å². The molecule has 3 aromatic rings. The van der Waals surface area contributed by atoms with Crippen molar-refractivity contribution in [2.75, 3.05) is 0 Å². The highest BCUT2D eigenvalue weighted by Crippen LogP contribution is 2.30. The van der Waals surface area contributed by atoms with Gasteiger partial charge in [-0.05, 0) is 48.9 Å². The topological polar surface area (TPSA) is 54.2 Å². The third-order valence-corrected chi connectivity index (χ3v) is 3.36. The number of nitrogens with zero attached hydrogens (tertiary/aromatic N) is 3. The fraction of sp³-hybridized carbons (Fsp3) is 0.0556. The third-order valence-electron chi connectivity index (χ3n) is 3.36. The van der Waals surface area contributed by atoms with Crippen LogP contribution in [0.4, 0.5) is 5.69 Å². The summed E-state index contributed by atoms with van der Waals surface area (Å²) in [6, 6.07) is 14.8. The van der Waals surface area contributed by atoms with E-state index < -0.39 is 0 Å². The van der Waals surface area contributed by atoms with Gasteiger partial charge in [0.25, 0.3) is 0 Å². The second-order valence-electron chi connectivity index (χ2n) is 4.82. The van der Waals surface area contributed by atoms with Crippen molar-refractivity contribution < 1.29 is 4.42 Å². The first kappa shape index (κ1) is 13.6. The van der Waals surface area contributed by atoms with Gasteiger partial charge in [0.2, 0.25) is 5.69 Å². The molecule has 0 spiro atoms. The van der Waals surface area contributed by atoms with Crippen molar-refractivity contribution in [1.82, 2.24) is 4.98 Å². The lowest BCUT2D eigenvalue weighted by atomic mass is 10.0. The molecule has 0 amide bonds. The Kier molecular flexibility index (Phi) is 3.43. The molecule has 22 heavy (non-hydrogen) atoms. The minimum Gasteiger partial charge on any atom is -0.454 e. The van der Waals surface area contributed by atoms with Gasteiger partial charge in [-0.2, -0.15) is 5.26 Å². The van der Waals surface area contributed by atoms with Gasteiger partial charge in [-0.25, -0.2) is 4.85 Å². The molecule has 0 aliphatic carbocycles. The number of rotatable bonds is 2. The highest BCUT2D eigenvalue weighted by Gasteiger charge is 2.10. The van der Waals surface area contributed by atoms with Gasteiger partial charge in [0, 0.05) is 11.8 Å². The van der Waals surface area contributed by atoms with Crippen molar-refractivity contribution >= 4 is 5.69 Å². The summed E-state index contributed by atoms with van der Waals surface area (Å²) in [5.74, 6) is 1.38. The Morgan fingerprint density at radius 3 is 2.59 bits per heavy atom. The van der Waals surface area contributed by atoms with Gasteiger partial charge in [0.05, 0.1) is 18.2 Å². The fourth-order valence-corrected chi connectivity index (χ4v) is 2.23. The van der Waals surface area contributed by atoms with Crippen molar-refractivity contribution in [2.24, 2.45) is 0 Å². The summed E-state index contributed by atoms with van der Waals surface area (Å²) in [5.41, 5.74) is 3.74. The fourth-order valence-electron chi connectivity index (χ4n) is 2.23. The summed E-state index contributed by atoms with van der Waals surface area (Å²) < 4.78 is 5.86. The second-order valence-corrected chi connectivity index (χ2v) is 4.82. The molecule has 2 aromatic heterocycles. The molecule has 4 heteroatoms. The Morgan fingerprint density at radius 1 is 1.14 bits per heavy atom. The Hall–Kier alpha value is -3.37. The Bertz CT molecular complexity index is 909. The van der Waals surface area contributed by atoms with Gasteiger partial charge >= 0.3 is 0 Å². The lowest BCUT2D eigenvalue weighted by Crippen LogP contribution is -1.83. The smallest absolute Gasteiger partial charge is 0.205 e. The number of pyridine rings is 1. The summed E-state index contributed by atoms with van der Waals surface area (Å²) in [7, 11) is 0. The number of nitriles is 1. The molecular formula is C18H11N3O. The monoisotopic (exact) mass is 285 g/mol. The molecule has 0 radical (unpaired) electrons. The molecule has 0 aliphatic rings. The summed E-state index contributed by atoms with van der Waals surface area (Å²) in [4.78, 5) is 7.54. The molecule has 0 aliphatic heterocycles. The molecule has 0 fully saturated rings. The highest BCUT2D eigenvalue weighted by atomic mass is 16.3. The quantitative estimate of drug-likeness (QED) is 0.639. The van der Waals surface area contributed by atoms with Gasteiger partial charge in [0.1, 0.15) is 11.5 Å². The SMILES string of the molecule is [C-]#[N+]c1ccc(-c2ccc(-c3ccc(C#N)cc3C)o2)nc1. The van der Waals surface area contributed by atoms with E-state index in [-0.39, 0.29) is 0 Å². The van der Waals surface area contributed by atoms with Crippen LogP contribution in [0.2, 0.25) is 0 Å². The third kappa shape index (κ3) is 2.46. The van der Waals surface area contributed by atoms with Gasteiger partial charge in [-0.15, -0.1) is 0 Å². The first-order valence-corrected chi connectivity index (χ1v) is 6.66. The summed E-state index contributed by atoms with van der Waals surface area (Å²) in [6.07, 6.45) is 1.53. The summed E-state index contributed by atoms with van der Waals surface area (Å²) in [5, 5.41) is 8.92. The van der Waals surface area contributed by atoms with Crippen LogP contribution in [0.15, 0.2) is 53.1 Å². The average molecular weight is 285 g/mol. The predicted octanol–water partition coefficient (Wildman–Crippen LogP) is 4.74. The number of hydrogen-bond acceptors (Lipinski definition) is 3. The molecule has 0 atom stereocenters. The maximum absolute atomic E-state index is 8.92. The predicted molar refractivity (Wildman–Crippen MR) is 83.1 cm³/mol. The second kappa shape index (κ2) is 5.55. The van der Waals surface area contributed by atoms with Gasteiger partial charge in [0.15, 0.2) is 5.76 Å². The van der Waals surface area contributed by atoms with E-state index in [0.29, 0.717) is 22.7 Å². The number of hydrogen-bond donors (Lipinski definition) is 0. The van der Waals surface area contributed by atoms with Crippen LogP contribution >= 0.6 is 0 Å². The van der Waals surface area contributed by atoms with Crippen molar-refractivity contribution in [3.63, 3.8) is 0 Å². The van der Waals surface area contributed by atoms with E-state index in [0.717, 1.165) is 16.9 Å². The lowest BCUT2D eigenvalue weighted by Gasteiger charge is -2.03. The van der Waals surface area contributed by atoms with E-state index >= 15 is 0 Å². The number of aryl methyl sites for hydroxylation is 1. The highest BCUT2D eigenvalue weighted by molar-refractivity contribution is 5.67. The molecule has 0 N–H and O–H groups in total. The zero-order valence-electron chi connectivity index (χ0n) is 11.9. The van der Waals surface area contributed by atoms with Crippen molar-refractivity contribution in [2.45, 2.75) is 6.92 Å². The molecule has 0 unspecified atom stereocenters. The molecule has 104 valence electrons. The summed E-state index contributed by atoms with van der Waals surface area (Å²) >= 11 is 0. The molecule has 2 heterocycles. The molecule has 1 aromatic carbocycles. The molecule has 4 nitrogen and oxygen atoms in total. The number of benzene rings is 1. The molecule has 0 bridgehead atoms. The maximum atomic E-state index is 8.92. The van der Waals surface area contributed by atoms with Crippen LogP contribution in [0.5, 0.6) is 0 Å². The van der Waals surface area contributed by atoms with E-state index in [1.165, 1.54) is 6.20 Å². The van der Waals surface area contributed by atoms with Crippen molar-refractivity contribution in [3.8, 4) is 28.8 Å². The Morgan fingerprint density at radius 2 is 1.95 bits per heavy atom. The van der Waals surface area contributed by atoms with Crippen LogP contribution < -0.4 is 0 Å². The molecular weight excluding hydrogens is 274 g/mol. The van der Waals surface area contributed by atoms with E-state index in [1.54, 1.807) is 18.2 Å². The van der Waals surface area contributed by atoms with Crippen molar-refractivity contribution in [3.05, 3.63) is 71.2 Å². The van der Waals surface area contributed by atoms with Crippen LogP contribution in [0.25, 0.3) is 27.6 Å². The average Bonchev–Trinajstić information content (AvgIpc) is 3.04. The van der Waals surface area contributed by atoms with Crippen LogP contribution in [0.3, 0.4) is 0 Å². The maximum Gasteiger partial charge on any atom is 0.205 e. The van der Waals surface area contributed by atoms with E-state index in [9.17, 15) is 0 Å². The minimum absolute atomic E-state index is 0.499. The lowest BCUT2D eigenvalue weighted by molar-refractivity contribution is 0.594. The van der Waals surface area contributed by atoms with E-state index in [4.69, 9.17) is 16.3 Å². The first-order chi connectivity index (χ1) is 10.7. The van der Waals surface area contributed by atoms with Gasteiger partial charge in [-0.1, -0.05) is 6.07 Å². The minimum atomic E-state index is 0.499. The van der Waals surface area contributed by atoms with Crippen LogP contribution in [-0.2, 0) is 0 Å². The normalized spacial score (nSPS) is 9.95. The number of aromatic nitrogens is 1. The van der Waals surface area contributed by atoms with Crippen LogP contribution in [-0.4, -0.2) is 4.98 Å². The van der Waals surface area contributed by atoms with E-state index in [1.807, 2.05) is 31.2 Å². The molecule has 3 rings (SSSR count). The zero-order chi connectivity index (χ0) is 15.5. The molecule has 0 saturated carbocycles. The standard InChI is InChI=1S/C18H11N3O/c1-12-9-13(10-19)3-5-15(12)17-7-8-18(22-17)16-6-4-14(20-2)11-21-16/h3-9,11H,1H3. The largest absolute Gasteiger partial charge is 0.454 e. The molecule has 0 saturated heterocycles. The zero-order valence-corrected chi connectivity index (χ0v) is 11.9. The van der Waals surface area contributed by atoms with Gasteiger partial charge in [-0.3, -0.25) is 4.98 Å². The Balaban J connectivity index is 1.97.